The van der Waals surface area contributed by atoms with Crippen molar-refractivity contribution in [3.63, 3.8) is 0 Å². The number of nitrogens with two attached hydrogens (primary N) is 1. The number of piperazine rings is 1. The number of nitrogens with zero attached hydrogens (tertiary/aromatic N) is 3. The molecule has 10 heteroatoms. The maximum absolute atomic E-state index is 12.2. The fourth-order valence-electron chi connectivity index (χ4n) is 7.34. The zero-order chi connectivity index (χ0) is 27.0. The van der Waals surface area contributed by atoms with E-state index in [1.54, 1.807) is 7.11 Å². The van der Waals surface area contributed by atoms with E-state index in [4.69, 9.17) is 24.7 Å². The van der Waals surface area contributed by atoms with Crippen LogP contribution in [0.3, 0.4) is 0 Å². The van der Waals surface area contributed by atoms with Crippen molar-refractivity contribution < 1.29 is 28.8 Å². The van der Waals surface area contributed by atoms with Crippen LogP contribution in [-0.4, -0.2) is 66.5 Å². The first kappa shape index (κ1) is 24.8. The number of esters is 1. The second-order valence-corrected chi connectivity index (χ2v) is 10.6. The van der Waals surface area contributed by atoms with Gasteiger partial charge in [0, 0.05) is 47.8 Å². The highest BCUT2D eigenvalue weighted by atomic mass is 16.7. The molecule has 0 aromatic heterocycles. The molecule has 200 valence electrons. The van der Waals surface area contributed by atoms with Gasteiger partial charge in [-0.25, -0.2) is 0 Å². The molecule has 0 aliphatic carbocycles. The van der Waals surface area contributed by atoms with Crippen LogP contribution in [0, 0.1) is 25.2 Å². The van der Waals surface area contributed by atoms with Crippen LogP contribution in [0.4, 0.5) is 0 Å². The number of rotatable bonds is 3. The van der Waals surface area contributed by atoms with Gasteiger partial charge >= 0.3 is 5.97 Å². The Hall–Kier alpha value is -3.52. The molecule has 4 aliphatic rings. The van der Waals surface area contributed by atoms with E-state index in [2.05, 4.69) is 21.9 Å². The van der Waals surface area contributed by atoms with Crippen LogP contribution in [0.2, 0.25) is 0 Å². The molecule has 0 radical (unpaired) electrons. The second-order valence-electron chi connectivity index (χ2n) is 10.6. The molecule has 6 rings (SSSR count). The molecule has 2 aromatic rings. The third kappa shape index (κ3) is 3.19. The highest BCUT2D eigenvalue weighted by Crippen LogP contribution is 2.58. The quantitative estimate of drug-likeness (QED) is 0.459. The van der Waals surface area contributed by atoms with E-state index in [-0.39, 0.29) is 43.3 Å². The molecule has 0 saturated carbocycles. The summed E-state index contributed by atoms with van der Waals surface area (Å²) in [6, 6.07) is 3.20. The zero-order valence-electron chi connectivity index (χ0n) is 22.2. The smallest absolute Gasteiger partial charge is 0.308 e. The van der Waals surface area contributed by atoms with Crippen molar-refractivity contribution in [2.45, 2.75) is 63.8 Å². The largest absolute Gasteiger partial charge is 0.504 e. The summed E-state index contributed by atoms with van der Waals surface area (Å²) in [6.07, 6.45) is 1.07. The molecule has 4 heterocycles. The van der Waals surface area contributed by atoms with E-state index in [9.17, 15) is 15.2 Å². The summed E-state index contributed by atoms with van der Waals surface area (Å²) in [6.45, 7) is 5.42. The van der Waals surface area contributed by atoms with Gasteiger partial charge in [0.15, 0.2) is 23.0 Å². The van der Waals surface area contributed by atoms with Gasteiger partial charge in [0.05, 0.1) is 25.3 Å². The van der Waals surface area contributed by atoms with Gasteiger partial charge in [-0.15, -0.1) is 0 Å². The summed E-state index contributed by atoms with van der Waals surface area (Å²) in [5, 5.41) is 22.0. The number of benzene rings is 2. The zero-order valence-corrected chi connectivity index (χ0v) is 22.2. The number of carbonyl (C=O) groups excluding carboxylic acids is 1. The predicted molar refractivity (Wildman–Crippen MR) is 137 cm³/mol. The van der Waals surface area contributed by atoms with Crippen molar-refractivity contribution in [1.29, 1.82) is 5.26 Å². The highest BCUT2D eigenvalue weighted by molar-refractivity contribution is 5.74. The van der Waals surface area contributed by atoms with E-state index in [1.807, 2.05) is 20.9 Å². The number of carbonyl (C=O) groups is 1. The van der Waals surface area contributed by atoms with Gasteiger partial charge in [-0.3, -0.25) is 14.6 Å². The maximum Gasteiger partial charge on any atom is 0.308 e. The number of likely N-dealkylation sites (N-methyl/N-ethyl adjacent to an activating group) is 1. The van der Waals surface area contributed by atoms with Crippen LogP contribution >= 0.6 is 0 Å². The Kier molecular flexibility index (Phi) is 5.72. The molecule has 3 N–H and O–H groups in total. The summed E-state index contributed by atoms with van der Waals surface area (Å²) < 4.78 is 23.1. The molecule has 5 atom stereocenters. The van der Waals surface area contributed by atoms with E-state index in [0.717, 1.165) is 27.8 Å². The number of ether oxygens (including phenoxy) is 4. The fourth-order valence-corrected chi connectivity index (χ4v) is 7.34. The maximum atomic E-state index is 12.2. The number of phenolic OH excluding ortho intramolecular Hbond substituents is 1. The molecule has 1 saturated heterocycles. The average Bonchev–Trinajstić information content (AvgIpc) is 3.36. The third-order valence-electron chi connectivity index (χ3n) is 8.73. The summed E-state index contributed by atoms with van der Waals surface area (Å²) in [5.41, 5.74) is 11.5. The molecule has 2 bridgehead atoms. The van der Waals surface area contributed by atoms with Gasteiger partial charge in [-0.1, -0.05) is 6.07 Å². The first-order valence-corrected chi connectivity index (χ1v) is 12.8. The Morgan fingerprint density at radius 1 is 1.21 bits per heavy atom. The van der Waals surface area contributed by atoms with Crippen LogP contribution in [0.25, 0.3) is 0 Å². The van der Waals surface area contributed by atoms with Gasteiger partial charge < -0.3 is 29.8 Å². The standard InChI is InChI=1S/C28H32N4O6/c1-12-6-15-7-17-19(9-29)32-18(23(31(17)4)21(15)24(34)25(12)35-5)8-16-22(20(32)10-30)28-27(36-11-37-28)13(2)26(16)38-14(3)33/h6,17-20,23,34H,7-8,10-11,30H2,1-5H3/t17-,18?,19-,20-,23+/m0/s1. The van der Waals surface area contributed by atoms with Crippen LogP contribution in [-0.2, 0) is 17.6 Å². The first-order chi connectivity index (χ1) is 18.2. The number of aromatic hydroxyl groups is 1. The molecular weight excluding hydrogens is 488 g/mol. The van der Waals surface area contributed by atoms with Crippen molar-refractivity contribution in [2.24, 2.45) is 5.73 Å². The van der Waals surface area contributed by atoms with Crippen molar-refractivity contribution in [2.75, 3.05) is 27.5 Å². The highest BCUT2D eigenvalue weighted by Gasteiger charge is 2.56. The van der Waals surface area contributed by atoms with E-state index < -0.39 is 12.0 Å². The molecule has 0 spiro atoms. The monoisotopic (exact) mass is 520 g/mol. The van der Waals surface area contributed by atoms with Crippen molar-refractivity contribution in [1.82, 2.24) is 9.80 Å². The van der Waals surface area contributed by atoms with Gasteiger partial charge in [0.25, 0.3) is 0 Å². The predicted octanol–water partition coefficient (Wildman–Crippen LogP) is 2.40. The number of hydrogen-bond donors (Lipinski definition) is 2. The Balaban J connectivity index is 1.62. The van der Waals surface area contributed by atoms with Crippen LogP contribution < -0.4 is 24.7 Å². The Morgan fingerprint density at radius 2 is 1.95 bits per heavy atom. The summed E-state index contributed by atoms with van der Waals surface area (Å²) in [5.74, 6) is 1.75. The van der Waals surface area contributed by atoms with Gasteiger partial charge in [0.1, 0.15) is 11.8 Å². The molecule has 38 heavy (non-hydrogen) atoms. The Morgan fingerprint density at radius 3 is 2.61 bits per heavy atom. The van der Waals surface area contributed by atoms with Crippen molar-refractivity contribution >= 4 is 5.97 Å². The second kappa shape index (κ2) is 8.76. The summed E-state index contributed by atoms with van der Waals surface area (Å²) in [7, 11) is 3.57. The lowest BCUT2D eigenvalue weighted by atomic mass is 9.71. The number of nitriles is 1. The third-order valence-corrected chi connectivity index (χ3v) is 8.73. The number of aryl methyl sites for hydroxylation is 1. The molecule has 1 fully saturated rings. The van der Waals surface area contributed by atoms with Crippen LogP contribution in [0.5, 0.6) is 28.7 Å². The van der Waals surface area contributed by atoms with Gasteiger partial charge in [-0.2, -0.15) is 5.26 Å². The molecular formula is C28H32N4O6. The minimum atomic E-state index is -0.461. The van der Waals surface area contributed by atoms with Crippen molar-refractivity contribution in [3.05, 3.63) is 39.4 Å². The Bertz CT molecular complexity index is 1400. The number of phenols is 1. The SMILES string of the molecule is COc1c(C)cc2c(c1O)[C@H]1C3Cc4c(OC(C)=O)c(C)c5c(c4[C@H](CN)N3[C@@H](C#N)[C@H](C2)N1C)OCO5. The molecule has 2 aromatic carbocycles. The van der Waals surface area contributed by atoms with Gasteiger partial charge in [0.2, 0.25) is 6.79 Å². The number of fused-ring (bicyclic) bond motifs is 9. The molecule has 10 nitrogen and oxygen atoms in total. The van der Waals surface area contributed by atoms with Crippen LogP contribution in [0.1, 0.15) is 52.4 Å². The molecule has 4 aliphatic heterocycles. The lowest BCUT2D eigenvalue weighted by Gasteiger charge is -2.59. The average molecular weight is 521 g/mol. The van der Waals surface area contributed by atoms with E-state index >= 15 is 0 Å². The lowest BCUT2D eigenvalue weighted by Crippen LogP contribution is -2.68. The first-order valence-electron chi connectivity index (χ1n) is 12.8. The minimum absolute atomic E-state index is 0.0585. The van der Waals surface area contributed by atoms with E-state index in [1.165, 1.54) is 6.92 Å². The van der Waals surface area contributed by atoms with E-state index in [0.29, 0.717) is 41.4 Å². The normalized spacial score (nSPS) is 27.1. The minimum Gasteiger partial charge on any atom is -0.504 e. The van der Waals surface area contributed by atoms with Gasteiger partial charge in [-0.05, 0) is 44.9 Å². The topological polar surface area (TPSA) is 131 Å². The van der Waals surface area contributed by atoms with Crippen LogP contribution in [0.15, 0.2) is 6.07 Å². The number of hydrogen-bond acceptors (Lipinski definition) is 10. The summed E-state index contributed by atoms with van der Waals surface area (Å²) in [4.78, 5) is 16.6. The van der Waals surface area contributed by atoms with Crippen molar-refractivity contribution in [3.8, 4) is 34.8 Å². The molecule has 1 unspecified atom stereocenters. The Labute approximate surface area is 221 Å². The fraction of sp³-hybridized carbons (Fsp3) is 0.500. The number of methoxy groups -OCH3 is 1. The summed E-state index contributed by atoms with van der Waals surface area (Å²) >= 11 is 0. The lowest BCUT2D eigenvalue weighted by molar-refractivity contribution is -0.132. The molecule has 0 amide bonds.